The maximum Gasteiger partial charge on any atom is 0.161 e. The highest BCUT2D eigenvalue weighted by atomic mass is 16.5. The van der Waals surface area contributed by atoms with Gasteiger partial charge in [-0.15, -0.1) is 0 Å². The lowest BCUT2D eigenvalue weighted by Crippen LogP contribution is -2.14. The number of methoxy groups -OCH3 is 2. The third kappa shape index (κ3) is 4.94. The molecule has 102 valence electrons. The van der Waals surface area contributed by atoms with Crippen molar-refractivity contribution in [3.05, 3.63) is 23.8 Å². The highest BCUT2D eigenvalue weighted by Crippen LogP contribution is 2.27. The van der Waals surface area contributed by atoms with Crippen molar-refractivity contribution < 1.29 is 14.6 Å². The van der Waals surface area contributed by atoms with Gasteiger partial charge in [-0.2, -0.15) is 0 Å². The number of ether oxygens (including phenoxy) is 2. The molecule has 0 spiro atoms. The molecule has 1 aromatic rings. The van der Waals surface area contributed by atoms with E-state index in [4.69, 9.17) is 14.6 Å². The molecule has 0 saturated carbocycles. The number of aliphatic hydroxyl groups is 1. The van der Waals surface area contributed by atoms with Gasteiger partial charge in [-0.25, -0.2) is 0 Å². The van der Waals surface area contributed by atoms with Crippen LogP contribution in [0.4, 0.5) is 0 Å². The topological polar surface area (TPSA) is 50.7 Å². The number of unbranched alkanes of at least 4 members (excludes halogenated alkanes) is 2. The van der Waals surface area contributed by atoms with E-state index in [0.717, 1.165) is 43.9 Å². The maximum atomic E-state index is 8.66. The lowest BCUT2D eigenvalue weighted by Gasteiger charge is -2.10. The molecule has 1 aromatic carbocycles. The molecule has 0 fully saturated rings. The summed E-state index contributed by atoms with van der Waals surface area (Å²) in [6, 6.07) is 5.93. The van der Waals surface area contributed by atoms with Gasteiger partial charge in [0.15, 0.2) is 11.5 Å². The van der Waals surface area contributed by atoms with Crippen LogP contribution in [0.1, 0.15) is 24.8 Å². The fraction of sp³-hybridized carbons (Fsp3) is 0.571. The largest absolute Gasteiger partial charge is 0.493 e. The minimum atomic E-state index is 0.287. The Hall–Kier alpha value is -1.26. The van der Waals surface area contributed by atoms with E-state index >= 15 is 0 Å². The molecule has 0 aliphatic carbocycles. The predicted molar refractivity (Wildman–Crippen MR) is 72.2 cm³/mol. The van der Waals surface area contributed by atoms with Crippen LogP contribution >= 0.6 is 0 Å². The third-order valence-corrected chi connectivity index (χ3v) is 2.79. The molecule has 0 heterocycles. The molecule has 0 aliphatic rings. The van der Waals surface area contributed by atoms with Crippen molar-refractivity contribution in [1.29, 1.82) is 0 Å². The van der Waals surface area contributed by atoms with Crippen LogP contribution in [-0.4, -0.2) is 32.5 Å². The van der Waals surface area contributed by atoms with Gasteiger partial charge in [-0.1, -0.05) is 6.07 Å². The molecule has 0 aromatic heterocycles. The second-order valence-electron chi connectivity index (χ2n) is 4.15. The molecule has 0 amide bonds. The first-order valence-corrected chi connectivity index (χ1v) is 6.34. The van der Waals surface area contributed by atoms with Crippen molar-refractivity contribution in [1.82, 2.24) is 5.32 Å². The molecule has 4 nitrogen and oxygen atoms in total. The van der Waals surface area contributed by atoms with E-state index in [-0.39, 0.29) is 6.61 Å². The summed E-state index contributed by atoms with van der Waals surface area (Å²) < 4.78 is 10.4. The monoisotopic (exact) mass is 253 g/mol. The van der Waals surface area contributed by atoms with Gasteiger partial charge in [0.05, 0.1) is 14.2 Å². The Morgan fingerprint density at radius 3 is 2.50 bits per heavy atom. The zero-order valence-electron chi connectivity index (χ0n) is 11.2. The van der Waals surface area contributed by atoms with Gasteiger partial charge in [0.2, 0.25) is 0 Å². The second-order valence-corrected chi connectivity index (χ2v) is 4.15. The van der Waals surface area contributed by atoms with Crippen molar-refractivity contribution in [3.8, 4) is 11.5 Å². The van der Waals surface area contributed by atoms with Gasteiger partial charge in [0.25, 0.3) is 0 Å². The maximum absolute atomic E-state index is 8.66. The van der Waals surface area contributed by atoms with Crippen LogP contribution < -0.4 is 14.8 Å². The first kappa shape index (κ1) is 14.8. The summed E-state index contributed by atoms with van der Waals surface area (Å²) in [5, 5.41) is 12.0. The summed E-state index contributed by atoms with van der Waals surface area (Å²) in [6.07, 6.45) is 3.04. The molecule has 2 N–H and O–H groups in total. The second kappa shape index (κ2) is 8.78. The zero-order valence-corrected chi connectivity index (χ0v) is 11.2. The Balaban J connectivity index is 2.34. The van der Waals surface area contributed by atoms with Crippen molar-refractivity contribution >= 4 is 0 Å². The third-order valence-electron chi connectivity index (χ3n) is 2.79. The molecule has 0 radical (unpaired) electrons. The summed E-state index contributed by atoms with van der Waals surface area (Å²) >= 11 is 0. The van der Waals surface area contributed by atoms with E-state index < -0.39 is 0 Å². The quantitative estimate of drug-likeness (QED) is 0.661. The minimum absolute atomic E-state index is 0.287. The van der Waals surface area contributed by atoms with Crippen LogP contribution in [0.25, 0.3) is 0 Å². The Labute approximate surface area is 109 Å². The van der Waals surface area contributed by atoms with Crippen molar-refractivity contribution in [2.24, 2.45) is 0 Å². The number of aliphatic hydroxyl groups excluding tert-OH is 1. The smallest absolute Gasteiger partial charge is 0.161 e. The number of nitrogens with one attached hydrogen (secondary N) is 1. The molecular weight excluding hydrogens is 230 g/mol. The Kier molecular flexibility index (Phi) is 7.22. The molecule has 0 aliphatic heterocycles. The lowest BCUT2D eigenvalue weighted by molar-refractivity contribution is 0.283. The van der Waals surface area contributed by atoms with Crippen LogP contribution in [0.3, 0.4) is 0 Å². The molecule has 4 heteroatoms. The molecule has 18 heavy (non-hydrogen) atoms. The van der Waals surface area contributed by atoms with Crippen LogP contribution in [0.2, 0.25) is 0 Å². The van der Waals surface area contributed by atoms with E-state index in [9.17, 15) is 0 Å². The summed E-state index contributed by atoms with van der Waals surface area (Å²) in [6.45, 7) is 2.07. The first-order chi connectivity index (χ1) is 8.81. The van der Waals surface area contributed by atoms with Crippen LogP contribution in [0, 0.1) is 0 Å². The van der Waals surface area contributed by atoms with Gasteiger partial charge in [-0.05, 0) is 43.5 Å². The zero-order chi connectivity index (χ0) is 13.2. The molecular formula is C14H23NO3. The van der Waals surface area contributed by atoms with Crippen molar-refractivity contribution in [2.45, 2.75) is 25.8 Å². The van der Waals surface area contributed by atoms with E-state index in [0.29, 0.717) is 0 Å². The lowest BCUT2D eigenvalue weighted by atomic mass is 10.2. The van der Waals surface area contributed by atoms with Gasteiger partial charge in [0.1, 0.15) is 0 Å². The summed E-state index contributed by atoms with van der Waals surface area (Å²) in [5.74, 6) is 1.52. The van der Waals surface area contributed by atoms with E-state index in [1.54, 1.807) is 14.2 Å². The van der Waals surface area contributed by atoms with E-state index in [1.807, 2.05) is 18.2 Å². The first-order valence-electron chi connectivity index (χ1n) is 6.34. The molecule has 1 rings (SSSR count). The number of benzene rings is 1. The van der Waals surface area contributed by atoms with Crippen molar-refractivity contribution in [3.63, 3.8) is 0 Å². The van der Waals surface area contributed by atoms with Crippen LogP contribution in [-0.2, 0) is 6.54 Å². The minimum Gasteiger partial charge on any atom is -0.493 e. The van der Waals surface area contributed by atoms with E-state index in [2.05, 4.69) is 5.32 Å². The number of rotatable bonds is 9. The standard InChI is InChI=1S/C14H23NO3/c1-17-13-7-6-12(10-14(13)18-2)11-15-8-4-3-5-9-16/h6-7,10,15-16H,3-5,8-9,11H2,1-2H3. The fourth-order valence-electron chi connectivity index (χ4n) is 1.76. The molecule has 0 unspecified atom stereocenters. The predicted octanol–water partition coefficient (Wildman–Crippen LogP) is 1.96. The highest BCUT2D eigenvalue weighted by Gasteiger charge is 2.03. The Morgan fingerprint density at radius 1 is 1.06 bits per heavy atom. The van der Waals surface area contributed by atoms with E-state index in [1.165, 1.54) is 5.56 Å². The molecule has 0 atom stereocenters. The normalized spacial score (nSPS) is 10.4. The summed E-state index contributed by atoms with van der Waals surface area (Å²) in [7, 11) is 3.28. The summed E-state index contributed by atoms with van der Waals surface area (Å²) in [4.78, 5) is 0. The van der Waals surface area contributed by atoms with Crippen LogP contribution in [0.15, 0.2) is 18.2 Å². The molecule has 0 saturated heterocycles. The fourth-order valence-corrected chi connectivity index (χ4v) is 1.76. The summed E-state index contributed by atoms with van der Waals surface area (Å²) in [5.41, 5.74) is 1.18. The van der Waals surface area contributed by atoms with Gasteiger partial charge in [-0.3, -0.25) is 0 Å². The van der Waals surface area contributed by atoms with Crippen molar-refractivity contribution in [2.75, 3.05) is 27.4 Å². The average molecular weight is 253 g/mol. The SMILES string of the molecule is COc1ccc(CNCCCCCO)cc1OC. The number of hydrogen-bond acceptors (Lipinski definition) is 4. The van der Waals surface area contributed by atoms with Gasteiger partial charge >= 0.3 is 0 Å². The Bertz CT molecular complexity index is 342. The molecule has 0 bridgehead atoms. The van der Waals surface area contributed by atoms with Gasteiger partial charge in [0, 0.05) is 13.2 Å². The highest BCUT2D eigenvalue weighted by molar-refractivity contribution is 5.42. The number of hydrogen-bond donors (Lipinski definition) is 2. The van der Waals surface area contributed by atoms with Crippen LogP contribution in [0.5, 0.6) is 11.5 Å². The van der Waals surface area contributed by atoms with Gasteiger partial charge < -0.3 is 19.9 Å². The Morgan fingerprint density at radius 2 is 1.83 bits per heavy atom. The average Bonchev–Trinajstić information content (AvgIpc) is 2.42.